The predicted octanol–water partition coefficient (Wildman–Crippen LogP) is -0.455. The molecule has 5 nitrogen and oxygen atoms in total. The Bertz CT molecular complexity index is 257. The topological polar surface area (TPSA) is 97.8 Å². The summed E-state index contributed by atoms with van der Waals surface area (Å²) >= 11 is 0. The number of nitrogens with zero attached hydrogens (tertiary/aromatic N) is 1. The van der Waals surface area contributed by atoms with E-state index < -0.39 is 0 Å². The Hall–Kier alpha value is -1.36. The van der Waals surface area contributed by atoms with Crippen LogP contribution in [0.1, 0.15) is 18.5 Å². The van der Waals surface area contributed by atoms with Crippen molar-refractivity contribution in [2.75, 3.05) is 0 Å². The highest BCUT2D eigenvalue weighted by Crippen LogP contribution is 2.01. The highest BCUT2D eigenvalue weighted by molar-refractivity contribution is 5.74. The highest BCUT2D eigenvalue weighted by atomic mass is 16.1. The Morgan fingerprint density at radius 2 is 2.46 bits per heavy atom. The molecular formula is C8H14N4O. The molecule has 0 spiro atoms. The van der Waals surface area contributed by atoms with Gasteiger partial charge in [0, 0.05) is 24.4 Å². The van der Waals surface area contributed by atoms with Gasteiger partial charge in [0.25, 0.3) is 0 Å². The molecule has 1 aromatic rings. The molecule has 13 heavy (non-hydrogen) atoms. The van der Waals surface area contributed by atoms with Crippen molar-refractivity contribution < 1.29 is 4.79 Å². The van der Waals surface area contributed by atoms with Crippen molar-refractivity contribution in [2.24, 2.45) is 11.5 Å². The number of rotatable bonds is 5. The third-order valence-corrected chi connectivity index (χ3v) is 1.80. The third-order valence-electron chi connectivity index (χ3n) is 1.80. The summed E-state index contributed by atoms with van der Waals surface area (Å²) in [4.78, 5) is 17.3. The SMILES string of the molecule is NC(=O)CC(N)CCc1cnc[nH]1. The van der Waals surface area contributed by atoms with Gasteiger partial charge in [0.15, 0.2) is 0 Å². The van der Waals surface area contributed by atoms with Gasteiger partial charge in [-0.1, -0.05) is 0 Å². The van der Waals surface area contributed by atoms with Crippen molar-refractivity contribution in [3.05, 3.63) is 18.2 Å². The number of hydrogen-bond acceptors (Lipinski definition) is 3. The maximum Gasteiger partial charge on any atom is 0.218 e. The van der Waals surface area contributed by atoms with Crippen molar-refractivity contribution in [3.8, 4) is 0 Å². The zero-order chi connectivity index (χ0) is 9.68. The quantitative estimate of drug-likeness (QED) is 0.575. The third kappa shape index (κ3) is 3.71. The molecule has 0 saturated carbocycles. The number of imidazole rings is 1. The number of carbonyl (C=O) groups is 1. The van der Waals surface area contributed by atoms with Gasteiger partial charge in [0.1, 0.15) is 0 Å². The first-order valence-electron chi connectivity index (χ1n) is 4.19. The number of amides is 1. The molecule has 72 valence electrons. The molecule has 0 aliphatic rings. The summed E-state index contributed by atoms with van der Waals surface area (Å²) in [6.45, 7) is 0. The molecule has 1 heterocycles. The van der Waals surface area contributed by atoms with E-state index in [0.29, 0.717) is 0 Å². The normalized spacial score (nSPS) is 12.7. The van der Waals surface area contributed by atoms with E-state index in [0.717, 1.165) is 18.5 Å². The van der Waals surface area contributed by atoms with Crippen molar-refractivity contribution in [1.29, 1.82) is 0 Å². The van der Waals surface area contributed by atoms with E-state index in [1.807, 2.05) is 0 Å². The lowest BCUT2D eigenvalue weighted by molar-refractivity contribution is -0.118. The lowest BCUT2D eigenvalue weighted by atomic mass is 10.1. The Balaban J connectivity index is 2.22. The summed E-state index contributed by atoms with van der Waals surface area (Å²) in [5, 5.41) is 0. The zero-order valence-corrected chi connectivity index (χ0v) is 7.36. The second-order valence-electron chi connectivity index (χ2n) is 3.05. The summed E-state index contributed by atoms with van der Waals surface area (Å²) in [6.07, 6.45) is 5.15. The summed E-state index contributed by atoms with van der Waals surface area (Å²) in [5.41, 5.74) is 11.7. The van der Waals surface area contributed by atoms with E-state index in [9.17, 15) is 4.79 Å². The minimum absolute atomic E-state index is 0.152. The summed E-state index contributed by atoms with van der Waals surface area (Å²) in [6, 6.07) is -0.152. The first-order valence-corrected chi connectivity index (χ1v) is 4.19. The predicted molar refractivity (Wildman–Crippen MR) is 48.7 cm³/mol. The maximum absolute atomic E-state index is 10.5. The number of carbonyl (C=O) groups excluding carboxylic acids is 1. The Morgan fingerprint density at radius 1 is 1.69 bits per heavy atom. The second kappa shape index (κ2) is 4.61. The van der Waals surface area contributed by atoms with Crippen molar-refractivity contribution >= 4 is 5.91 Å². The Kier molecular flexibility index (Phi) is 3.45. The molecule has 5 heteroatoms. The number of H-pyrrole nitrogens is 1. The number of nitrogens with two attached hydrogens (primary N) is 2. The van der Waals surface area contributed by atoms with Crippen LogP contribution in [0.2, 0.25) is 0 Å². The van der Waals surface area contributed by atoms with E-state index in [1.165, 1.54) is 0 Å². The van der Waals surface area contributed by atoms with Crippen LogP contribution in [-0.2, 0) is 11.2 Å². The first-order chi connectivity index (χ1) is 6.18. The van der Waals surface area contributed by atoms with Crippen LogP contribution in [0.25, 0.3) is 0 Å². The monoisotopic (exact) mass is 182 g/mol. The molecule has 1 rings (SSSR count). The van der Waals surface area contributed by atoms with E-state index in [2.05, 4.69) is 9.97 Å². The number of nitrogens with one attached hydrogen (secondary N) is 1. The smallest absolute Gasteiger partial charge is 0.218 e. The molecule has 0 aliphatic carbocycles. The number of aryl methyl sites for hydroxylation is 1. The number of aromatic nitrogens is 2. The minimum atomic E-state index is -0.350. The van der Waals surface area contributed by atoms with Gasteiger partial charge in [0.2, 0.25) is 5.91 Å². The van der Waals surface area contributed by atoms with Crippen LogP contribution in [0.4, 0.5) is 0 Å². The lowest BCUT2D eigenvalue weighted by Gasteiger charge is -2.07. The van der Waals surface area contributed by atoms with Gasteiger partial charge in [-0.25, -0.2) is 4.98 Å². The Morgan fingerprint density at radius 3 is 3.00 bits per heavy atom. The number of hydrogen-bond donors (Lipinski definition) is 3. The molecule has 0 saturated heterocycles. The minimum Gasteiger partial charge on any atom is -0.370 e. The van der Waals surface area contributed by atoms with Crippen molar-refractivity contribution in [2.45, 2.75) is 25.3 Å². The fraction of sp³-hybridized carbons (Fsp3) is 0.500. The van der Waals surface area contributed by atoms with Gasteiger partial charge in [-0.2, -0.15) is 0 Å². The molecule has 0 bridgehead atoms. The van der Waals surface area contributed by atoms with E-state index in [4.69, 9.17) is 11.5 Å². The fourth-order valence-electron chi connectivity index (χ4n) is 1.12. The van der Waals surface area contributed by atoms with Crippen LogP contribution in [-0.4, -0.2) is 21.9 Å². The largest absolute Gasteiger partial charge is 0.370 e. The van der Waals surface area contributed by atoms with E-state index in [1.54, 1.807) is 12.5 Å². The van der Waals surface area contributed by atoms with Gasteiger partial charge in [-0.3, -0.25) is 4.79 Å². The molecule has 0 radical (unpaired) electrons. The van der Waals surface area contributed by atoms with E-state index >= 15 is 0 Å². The van der Waals surface area contributed by atoms with Crippen LogP contribution in [0.15, 0.2) is 12.5 Å². The molecule has 1 amide bonds. The van der Waals surface area contributed by atoms with Gasteiger partial charge in [-0.05, 0) is 12.8 Å². The molecule has 1 atom stereocenters. The van der Waals surface area contributed by atoms with E-state index in [-0.39, 0.29) is 18.4 Å². The summed E-state index contributed by atoms with van der Waals surface area (Å²) in [7, 11) is 0. The van der Waals surface area contributed by atoms with Gasteiger partial charge >= 0.3 is 0 Å². The summed E-state index contributed by atoms with van der Waals surface area (Å²) < 4.78 is 0. The van der Waals surface area contributed by atoms with Gasteiger partial charge < -0.3 is 16.5 Å². The molecule has 5 N–H and O–H groups in total. The molecule has 0 fully saturated rings. The first kappa shape index (κ1) is 9.73. The lowest BCUT2D eigenvalue weighted by Crippen LogP contribution is -2.27. The van der Waals surface area contributed by atoms with Crippen molar-refractivity contribution in [1.82, 2.24) is 9.97 Å². The molecule has 1 aromatic heterocycles. The van der Waals surface area contributed by atoms with Crippen LogP contribution >= 0.6 is 0 Å². The highest BCUT2D eigenvalue weighted by Gasteiger charge is 2.06. The van der Waals surface area contributed by atoms with Crippen LogP contribution in [0.5, 0.6) is 0 Å². The average Bonchev–Trinajstić information content (AvgIpc) is 2.51. The zero-order valence-electron chi connectivity index (χ0n) is 7.36. The van der Waals surface area contributed by atoms with Gasteiger partial charge in [0.05, 0.1) is 6.33 Å². The van der Waals surface area contributed by atoms with Crippen LogP contribution < -0.4 is 11.5 Å². The molecule has 0 aliphatic heterocycles. The van der Waals surface area contributed by atoms with Crippen molar-refractivity contribution in [3.63, 3.8) is 0 Å². The second-order valence-corrected chi connectivity index (χ2v) is 3.05. The number of aromatic amines is 1. The number of primary amides is 1. The van der Waals surface area contributed by atoms with Crippen LogP contribution in [0.3, 0.4) is 0 Å². The maximum atomic E-state index is 10.5. The average molecular weight is 182 g/mol. The van der Waals surface area contributed by atoms with Gasteiger partial charge in [-0.15, -0.1) is 0 Å². The summed E-state index contributed by atoms with van der Waals surface area (Å²) in [5.74, 6) is -0.350. The molecule has 1 unspecified atom stereocenters. The fourth-order valence-corrected chi connectivity index (χ4v) is 1.12. The standard InChI is InChI=1S/C8H14N4O/c9-6(3-8(10)13)1-2-7-4-11-5-12-7/h4-6H,1-3,9H2,(H2,10,13)(H,11,12). The Labute approximate surface area is 76.5 Å². The molecule has 0 aromatic carbocycles. The van der Waals surface area contributed by atoms with Crippen LogP contribution in [0, 0.1) is 0 Å². The molecular weight excluding hydrogens is 168 g/mol.